The van der Waals surface area contributed by atoms with Gasteiger partial charge in [0.2, 0.25) is 8.03 Å². The van der Waals surface area contributed by atoms with Gasteiger partial charge in [0.05, 0.1) is 6.42 Å². The summed E-state index contributed by atoms with van der Waals surface area (Å²) < 4.78 is 47.5. The normalized spacial score (nSPS) is 13.5. The number of benzene rings is 1. The summed E-state index contributed by atoms with van der Waals surface area (Å²) in [6.45, 7) is 3.33. The predicted octanol–water partition coefficient (Wildman–Crippen LogP) is 3.23. The van der Waals surface area contributed by atoms with E-state index >= 15 is 0 Å². The Kier molecular flexibility index (Phi) is 3.94. The molecule has 0 bridgehead atoms. The molecule has 0 fully saturated rings. The molecule has 0 spiro atoms. The highest BCUT2D eigenvalue weighted by molar-refractivity contribution is 7.50. The first kappa shape index (κ1) is 13.0. The molecule has 0 aliphatic heterocycles. The van der Waals surface area contributed by atoms with E-state index in [1.165, 1.54) is 24.3 Å². The van der Waals surface area contributed by atoms with Gasteiger partial charge in [-0.15, -0.1) is 0 Å². The SMILES string of the molecule is C=C(c1ccccc1CC(F)(F)F)[PH](=O)O. The summed E-state index contributed by atoms with van der Waals surface area (Å²) in [6.07, 6.45) is -5.47. The summed E-state index contributed by atoms with van der Waals surface area (Å²) in [5.41, 5.74) is 0.0682. The fourth-order valence-corrected chi connectivity index (χ4v) is 1.77. The average molecular weight is 250 g/mol. The summed E-state index contributed by atoms with van der Waals surface area (Å²) in [6, 6.07) is 5.60. The molecule has 0 amide bonds. The molecule has 1 unspecified atom stereocenters. The van der Waals surface area contributed by atoms with Gasteiger partial charge in [0.15, 0.2) is 0 Å². The minimum atomic E-state index is -4.35. The minimum absolute atomic E-state index is 0.0348. The Bertz CT molecular complexity index is 426. The Morgan fingerprint density at radius 1 is 1.38 bits per heavy atom. The molecule has 0 heterocycles. The third-order valence-corrected chi connectivity index (χ3v) is 2.78. The Morgan fingerprint density at radius 2 is 1.94 bits per heavy atom. The van der Waals surface area contributed by atoms with Gasteiger partial charge in [-0.25, -0.2) is 0 Å². The van der Waals surface area contributed by atoms with Crippen LogP contribution in [0.5, 0.6) is 0 Å². The van der Waals surface area contributed by atoms with Crippen molar-refractivity contribution in [2.45, 2.75) is 12.6 Å². The molecular formula is C10H10F3O2P. The molecule has 1 atom stereocenters. The molecular weight excluding hydrogens is 240 g/mol. The fraction of sp³-hybridized carbons (Fsp3) is 0.200. The second-order valence-electron chi connectivity index (χ2n) is 3.23. The van der Waals surface area contributed by atoms with Crippen molar-refractivity contribution in [1.29, 1.82) is 0 Å². The number of halogens is 3. The first-order chi connectivity index (χ1) is 7.31. The van der Waals surface area contributed by atoms with Gasteiger partial charge in [0, 0.05) is 5.31 Å². The van der Waals surface area contributed by atoms with Crippen molar-refractivity contribution in [3.63, 3.8) is 0 Å². The van der Waals surface area contributed by atoms with E-state index in [0.717, 1.165) is 0 Å². The second-order valence-corrected chi connectivity index (χ2v) is 4.45. The maximum Gasteiger partial charge on any atom is 0.393 e. The minimum Gasteiger partial charge on any atom is -0.343 e. The molecule has 1 rings (SSSR count). The molecule has 0 saturated carbocycles. The van der Waals surface area contributed by atoms with Crippen molar-refractivity contribution in [1.82, 2.24) is 0 Å². The summed E-state index contributed by atoms with van der Waals surface area (Å²) in [4.78, 5) is 8.86. The Morgan fingerprint density at radius 3 is 2.44 bits per heavy atom. The molecule has 1 aromatic carbocycles. The van der Waals surface area contributed by atoms with E-state index in [2.05, 4.69) is 6.58 Å². The van der Waals surface area contributed by atoms with Gasteiger partial charge >= 0.3 is 6.18 Å². The first-order valence-corrected chi connectivity index (χ1v) is 5.74. The average Bonchev–Trinajstić information content (AvgIpc) is 2.15. The summed E-state index contributed by atoms with van der Waals surface area (Å²) in [5, 5.41) is -0.148. The van der Waals surface area contributed by atoms with Crippen LogP contribution in [0, 0.1) is 0 Å². The van der Waals surface area contributed by atoms with E-state index in [0.29, 0.717) is 0 Å². The number of rotatable bonds is 3. The van der Waals surface area contributed by atoms with Crippen LogP contribution in [0.25, 0.3) is 5.31 Å². The lowest BCUT2D eigenvalue weighted by Gasteiger charge is -2.11. The zero-order valence-electron chi connectivity index (χ0n) is 8.21. The van der Waals surface area contributed by atoms with Crippen molar-refractivity contribution in [3.8, 4) is 0 Å². The largest absolute Gasteiger partial charge is 0.393 e. The molecule has 88 valence electrons. The van der Waals surface area contributed by atoms with E-state index in [-0.39, 0.29) is 16.4 Å². The third kappa shape index (κ3) is 3.51. The lowest BCUT2D eigenvalue weighted by atomic mass is 10.0. The van der Waals surface area contributed by atoms with Crippen molar-refractivity contribution < 1.29 is 22.6 Å². The molecule has 1 aromatic rings. The Hall–Kier alpha value is -1.06. The number of alkyl halides is 3. The predicted molar refractivity (Wildman–Crippen MR) is 56.5 cm³/mol. The van der Waals surface area contributed by atoms with Gasteiger partial charge < -0.3 is 4.89 Å². The van der Waals surface area contributed by atoms with Crippen molar-refractivity contribution >= 4 is 13.3 Å². The summed E-state index contributed by atoms with van der Waals surface area (Å²) in [5.74, 6) is 0. The van der Waals surface area contributed by atoms with Crippen LogP contribution in [0.4, 0.5) is 13.2 Å². The molecule has 0 aliphatic rings. The van der Waals surface area contributed by atoms with E-state index in [1.807, 2.05) is 0 Å². The van der Waals surface area contributed by atoms with Crippen LogP contribution < -0.4 is 0 Å². The Balaban J connectivity index is 3.10. The topological polar surface area (TPSA) is 37.3 Å². The number of hydrogen-bond acceptors (Lipinski definition) is 1. The van der Waals surface area contributed by atoms with Gasteiger partial charge in [-0.05, 0) is 11.1 Å². The van der Waals surface area contributed by atoms with Gasteiger partial charge in [0.25, 0.3) is 0 Å². The lowest BCUT2D eigenvalue weighted by molar-refractivity contribution is -0.127. The van der Waals surface area contributed by atoms with Crippen LogP contribution in [0.1, 0.15) is 11.1 Å². The fourth-order valence-electron chi connectivity index (χ4n) is 1.30. The molecule has 6 heteroatoms. The zero-order chi connectivity index (χ0) is 12.3. The van der Waals surface area contributed by atoms with Crippen LogP contribution in [0.15, 0.2) is 30.8 Å². The van der Waals surface area contributed by atoms with Gasteiger partial charge in [-0.1, -0.05) is 30.8 Å². The maximum absolute atomic E-state index is 12.2. The van der Waals surface area contributed by atoms with Crippen LogP contribution in [0.3, 0.4) is 0 Å². The van der Waals surface area contributed by atoms with Gasteiger partial charge in [-0.2, -0.15) is 13.2 Å². The molecule has 0 saturated heterocycles. The first-order valence-electron chi connectivity index (χ1n) is 4.38. The molecule has 0 aromatic heterocycles. The van der Waals surface area contributed by atoms with E-state index in [9.17, 15) is 17.7 Å². The maximum atomic E-state index is 12.2. The van der Waals surface area contributed by atoms with E-state index in [1.54, 1.807) is 0 Å². The highest BCUT2D eigenvalue weighted by Gasteiger charge is 2.29. The van der Waals surface area contributed by atoms with Crippen LogP contribution in [-0.4, -0.2) is 11.1 Å². The summed E-state index contributed by atoms with van der Waals surface area (Å²) in [7, 11) is -3.05. The number of hydrogen-bond donors (Lipinski definition) is 1. The highest BCUT2D eigenvalue weighted by atomic mass is 31.1. The zero-order valence-corrected chi connectivity index (χ0v) is 9.21. The lowest BCUT2D eigenvalue weighted by Crippen LogP contribution is -2.12. The van der Waals surface area contributed by atoms with Gasteiger partial charge in [0.1, 0.15) is 0 Å². The monoisotopic (exact) mass is 250 g/mol. The second kappa shape index (κ2) is 4.85. The molecule has 0 radical (unpaired) electrons. The third-order valence-electron chi connectivity index (χ3n) is 1.99. The quantitative estimate of drug-likeness (QED) is 0.836. The molecule has 2 nitrogen and oxygen atoms in total. The van der Waals surface area contributed by atoms with Crippen molar-refractivity contribution in [2.75, 3.05) is 0 Å². The van der Waals surface area contributed by atoms with Crippen LogP contribution >= 0.6 is 8.03 Å². The standard InChI is InChI=1S/C10H10F3O2P/c1-7(16(14)15)9-5-3-2-4-8(9)6-10(11,12)13/h2-5,16H,1,6H2,(H,14,15). The Labute approximate surface area is 91.3 Å². The summed E-state index contributed by atoms with van der Waals surface area (Å²) >= 11 is 0. The van der Waals surface area contributed by atoms with E-state index < -0.39 is 20.6 Å². The van der Waals surface area contributed by atoms with Crippen LogP contribution in [0.2, 0.25) is 0 Å². The molecule has 0 aliphatic carbocycles. The van der Waals surface area contributed by atoms with Crippen molar-refractivity contribution in [3.05, 3.63) is 42.0 Å². The molecule has 1 N–H and O–H groups in total. The smallest absolute Gasteiger partial charge is 0.343 e. The van der Waals surface area contributed by atoms with E-state index in [4.69, 9.17) is 4.89 Å². The van der Waals surface area contributed by atoms with Crippen LogP contribution in [-0.2, 0) is 11.0 Å². The molecule has 16 heavy (non-hydrogen) atoms. The highest BCUT2D eigenvalue weighted by Crippen LogP contribution is 2.37. The van der Waals surface area contributed by atoms with Crippen molar-refractivity contribution in [2.24, 2.45) is 0 Å². The van der Waals surface area contributed by atoms with Gasteiger partial charge in [-0.3, -0.25) is 4.57 Å².